The predicted octanol–water partition coefficient (Wildman–Crippen LogP) is 1.44. The number of benzene rings is 1. The standard InChI is InChI=1S/C10H12O4S/c1-7-3-5-9(6-4-7)8(2)10(11)14-15(12)13/h3-6,8H,1-2H3,(H,12,13)/p-1. The second-order valence-corrected chi connectivity index (χ2v) is 3.81. The molecule has 82 valence electrons. The minimum Gasteiger partial charge on any atom is -0.740 e. The summed E-state index contributed by atoms with van der Waals surface area (Å²) >= 11 is -2.79. The van der Waals surface area contributed by atoms with Crippen molar-refractivity contribution in [1.29, 1.82) is 0 Å². The van der Waals surface area contributed by atoms with Crippen LogP contribution in [0.5, 0.6) is 0 Å². The van der Waals surface area contributed by atoms with E-state index < -0.39 is 23.2 Å². The highest BCUT2D eigenvalue weighted by Crippen LogP contribution is 2.17. The van der Waals surface area contributed by atoms with Crippen LogP contribution in [0.1, 0.15) is 24.0 Å². The molecular formula is C10H11O4S-. The van der Waals surface area contributed by atoms with Gasteiger partial charge in [-0.2, -0.15) is 0 Å². The molecule has 0 amide bonds. The molecular weight excluding hydrogens is 216 g/mol. The van der Waals surface area contributed by atoms with Gasteiger partial charge in [0, 0.05) is 0 Å². The zero-order valence-electron chi connectivity index (χ0n) is 8.43. The van der Waals surface area contributed by atoms with Crippen molar-refractivity contribution in [1.82, 2.24) is 0 Å². The summed E-state index contributed by atoms with van der Waals surface area (Å²) in [6, 6.07) is 7.25. The van der Waals surface area contributed by atoms with Crippen molar-refractivity contribution in [3.63, 3.8) is 0 Å². The van der Waals surface area contributed by atoms with Crippen LogP contribution in [-0.2, 0) is 20.3 Å². The van der Waals surface area contributed by atoms with Crippen LogP contribution in [0.3, 0.4) is 0 Å². The van der Waals surface area contributed by atoms with Crippen molar-refractivity contribution in [2.45, 2.75) is 19.8 Å². The van der Waals surface area contributed by atoms with E-state index in [4.69, 9.17) is 0 Å². The van der Waals surface area contributed by atoms with Crippen LogP contribution in [0.2, 0.25) is 0 Å². The third-order valence-electron chi connectivity index (χ3n) is 2.08. The van der Waals surface area contributed by atoms with Crippen molar-refractivity contribution >= 4 is 17.3 Å². The first-order chi connectivity index (χ1) is 7.00. The van der Waals surface area contributed by atoms with Crippen LogP contribution in [-0.4, -0.2) is 14.7 Å². The van der Waals surface area contributed by atoms with Crippen molar-refractivity contribution in [2.75, 3.05) is 0 Å². The summed E-state index contributed by atoms with van der Waals surface area (Å²) in [7, 11) is 0. The first kappa shape index (κ1) is 11.9. The second kappa shape index (κ2) is 5.04. The monoisotopic (exact) mass is 227 g/mol. The molecule has 0 aliphatic rings. The van der Waals surface area contributed by atoms with E-state index in [-0.39, 0.29) is 0 Å². The normalized spacial score (nSPS) is 14.3. The van der Waals surface area contributed by atoms with E-state index in [2.05, 4.69) is 4.18 Å². The van der Waals surface area contributed by atoms with Crippen molar-refractivity contribution in [3.05, 3.63) is 35.4 Å². The zero-order valence-corrected chi connectivity index (χ0v) is 9.24. The fourth-order valence-corrected chi connectivity index (χ4v) is 1.41. The molecule has 0 aliphatic heterocycles. The maximum Gasteiger partial charge on any atom is 0.326 e. The Balaban J connectivity index is 2.76. The van der Waals surface area contributed by atoms with Crippen molar-refractivity contribution in [2.24, 2.45) is 0 Å². The molecule has 0 spiro atoms. The Morgan fingerprint density at radius 3 is 2.40 bits per heavy atom. The molecule has 1 aromatic carbocycles. The Hall–Kier alpha value is -1.20. The van der Waals surface area contributed by atoms with E-state index in [0.717, 1.165) is 11.1 Å². The lowest BCUT2D eigenvalue weighted by Crippen LogP contribution is -2.14. The summed E-state index contributed by atoms with van der Waals surface area (Å²) < 4.78 is 24.4. The largest absolute Gasteiger partial charge is 0.740 e. The van der Waals surface area contributed by atoms with Crippen LogP contribution >= 0.6 is 0 Å². The molecule has 0 saturated heterocycles. The molecule has 0 heterocycles. The lowest BCUT2D eigenvalue weighted by Gasteiger charge is -2.12. The van der Waals surface area contributed by atoms with Gasteiger partial charge in [-0.15, -0.1) is 0 Å². The maximum atomic E-state index is 11.2. The Bertz CT molecular complexity index is 372. The maximum absolute atomic E-state index is 11.2. The minimum atomic E-state index is -2.79. The molecule has 15 heavy (non-hydrogen) atoms. The van der Waals surface area contributed by atoms with Crippen molar-refractivity contribution < 1.29 is 17.7 Å². The highest BCUT2D eigenvalue weighted by Gasteiger charge is 2.16. The van der Waals surface area contributed by atoms with Crippen LogP contribution in [0.4, 0.5) is 0 Å². The number of aryl methyl sites for hydroxylation is 1. The molecule has 2 unspecified atom stereocenters. The molecule has 2 atom stereocenters. The molecule has 0 N–H and O–H groups in total. The molecule has 0 saturated carbocycles. The molecule has 0 fully saturated rings. The molecule has 1 aromatic rings. The molecule has 4 nitrogen and oxygen atoms in total. The van der Waals surface area contributed by atoms with E-state index in [0.29, 0.717) is 0 Å². The van der Waals surface area contributed by atoms with E-state index in [1.54, 1.807) is 19.1 Å². The second-order valence-electron chi connectivity index (χ2n) is 3.24. The van der Waals surface area contributed by atoms with Gasteiger partial charge in [0.2, 0.25) is 0 Å². The average Bonchev–Trinajstić information content (AvgIpc) is 2.17. The first-order valence-electron chi connectivity index (χ1n) is 4.38. The van der Waals surface area contributed by atoms with Crippen LogP contribution in [0.15, 0.2) is 24.3 Å². The summed E-state index contributed by atoms with van der Waals surface area (Å²) in [4.78, 5) is 11.2. The molecule has 5 heteroatoms. The Labute approximate surface area is 90.8 Å². The lowest BCUT2D eigenvalue weighted by molar-refractivity contribution is -0.135. The summed E-state index contributed by atoms with van der Waals surface area (Å²) in [6.07, 6.45) is 0. The van der Waals surface area contributed by atoms with Crippen LogP contribution in [0.25, 0.3) is 0 Å². The van der Waals surface area contributed by atoms with Gasteiger partial charge < -0.3 is 8.74 Å². The van der Waals surface area contributed by atoms with Gasteiger partial charge in [-0.3, -0.25) is 4.79 Å². The molecule has 0 bridgehead atoms. The smallest absolute Gasteiger partial charge is 0.326 e. The topological polar surface area (TPSA) is 66.4 Å². The van der Waals surface area contributed by atoms with Gasteiger partial charge in [-0.1, -0.05) is 29.8 Å². The fourth-order valence-electron chi connectivity index (χ4n) is 1.13. The fraction of sp³-hybridized carbons (Fsp3) is 0.300. The third-order valence-corrected chi connectivity index (χ3v) is 2.38. The predicted molar refractivity (Wildman–Crippen MR) is 54.6 cm³/mol. The minimum absolute atomic E-state index is 0.580. The lowest BCUT2D eigenvalue weighted by atomic mass is 10.0. The molecule has 0 aliphatic carbocycles. The van der Waals surface area contributed by atoms with Gasteiger partial charge in [-0.05, 0) is 19.4 Å². The number of carbonyl (C=O) groups is 1. The van der Waals surface area contributed by atoms with Crippen molar-refractivity contribution in [3.8, 4) is 0 Å². The van der Waals surface area contributed by atoms with Gasteiger partial charge >= 0.3 is 5.97 Å². The Morgan fingerprint density at radius 1 is 1.40 bits per heavy atom. The highest BCUT2D eigenvalue weighted by atomic mass is 32.2. The van der Waals surface area contributed by atoms with E-state index in [1.807, 2.05) is 19.1 Å². The number of hydrogen-bond acceptors (Lipinski definition) is 4. The highest BCUT2D eigenvalue weighted by molar-refractivity contribution is 7.74. The van der Waals surface area contributed by atoms with E-state index in [9.17, 15) is 13.6 Å². The van der Waals surface area contributed by atoms with Crippen LogP contribution < -0.4 is 0 Å². The third kappa shape index (κ3) is 3.45. The van der Waals surface area contributed by atoms with E-state index in [1.165, 1.54) is 0 Å². The summed E-state index contributed by atoms with van der Waals surface area (Å²) in [5.41, 5.74) is 1.81. The van der Waals surface area contributed by atoms with E-state index >= 15 is 0 Å². The molecule has 1 rings (SSSR count). The SMILES string of the molecule is Cc1ccc(C(C)C(=O)OS(=O)[O-])cc1. The van der Waals surface area contributed by atoms with Gasteiger partial charge in [0.1, 0.15) is 11.4 Å². The Kier molecular flexibility index (Phi) is 3.99. The average molecular weight is 227 g/mol. The molecule has 0 radical (unpaired) electrons. The Morgan fingerprint density at radius 2 is 1.93 bits per heavy atom. The first-order valence-corrected chi connectivity index (χ1v) is 5.38. The van der Waals surface area contributed by atoms with Gasteiger partial charge in [0.05, 0.1) is 5.92 Å². The number of hydrogen-bond donors (Lipinski definition) is 0. The number of carbonyl (C=O) groups excluding carboxylic acids is 1. The number of rotatable bonds is 3. The summed E-state index contributed by atoms with van der Waals surface area (Å²) in [6.45, 7) is 3.53. The molecule has 0 aromatic heterocycles. The summed E-state index contributed by atoms with van der Waals surface area (Å²) in [5.74, 6) is -1.35. The summed E-state index contributed by atoms with van der Waals surface area (Å²) in [5, 5.41) is 0. The van der Waals surface area contributed by atoms with Gasteiger partial charge in [0.25, 0.3) is 0 Å². The zero-order chi connectivity index (χ0) is 11.4. The quantitative estimate of drug-likeness (QED) is 0.733. The van der Waals surface area contributed by atoms with Gasteiger partial charge in [-0.25, -0.2) is 4.21 Å². The van der Waals surface area contributed by atoms with Crippen LogP contribution in [0, 0.1) is 6.92 Å². The van der Waals surface area contributed by atoms with Gasteiger partial charge in [0.15, 0.2) is 0 Å².